The molecule has 0 saturated heterocycles. The van der Waals surface area contributed by atoms with Crippen molar-refractivity contribution in [3.05, 3.63) is 82.8 Å². The van der Waals surface area contributed by atoms with Gasteiger partial charge in [-0.25, -0.2) is 14.4 Å². The van der Waals surface area contributed by atoms with Crippen LogP contribution in [-0.2, 0) is 13.1 Å². The fourth-order valence-corrected chi connectivity index (χ4v) is 3.39. The average Bonchev–Trinajstić information content (AvgIpc) is 3.36. The first-order valence-corrected chi connectivity index (χ1v) is 9.81. The van der Waals surface area contributed by atoms with E-state index in [0.717, 1.165) is 16.8 Å². The number of H-pyrrole nitrogens is 1. The lowest BCUT2D eigenvalue weighted by molar-refractivity contribution is -0.0379. The molecule has 4 rings (SSSR count). The molecule has 0 bridgehead atoms. The fourth-order valence-electron chi connectivity index (χ4n) is 3.39. The van der Waals surface area contributed by atoms with Gasteiger partial charge in [-0.1, -0.05) is 12.1 Å². The maximum Gasteiger partial charge on any atom is 0.295 e. The molecule has 9 nitrogen and oxygen atoms in total. The van der Waals surface area contributed by atoms with Crippen LogP contribution < -0.4 is 5.32 Å². The first kappa shape index (κ1) is 21.2. The zero-order chi connectivity index (χ0) is 22.8. The van der Waals surface area contributed by atoms with Gasteiger partial charge in [0.1, 0.15) is 11.5 Å². The number of pyridine rings is 1. The van der Waals surface area contributed by atoms with Crippen LogP contribution in [-0.4, -0.2) is 48.9 Å². The van der Waals surface area contributed by atoms with Crippen molar-refractivity contribution in [1.29, 1.82) is 0 Å². The number of aryl methyl sites for hydroxylation is 1. The minimum absolute atomic E-state index is 0.00163. The number of nitrogens with one attached hydrogen (secondary N) is 2. The SMILES string of the molecule is Cc1[nH]ncc1CNC(=O)c1cn(Cc2ccc(F)cc2)c2cnc(C(=O)N(C)O)cc12. The van der Waals surface area contributed by atoms with Crippen molar-refractivity contribution in [3.63, 3.8) is 0 Å². The number of aromatic amines is 1. The van der Waals surface area contributed by atoms with Gasteiger partial charge in [0.05, 0.1) is 23.5 Å². The molecule has 0 aliphatic rings. The van der Waals surface area contributed by atoms with E-state index in [2.05, 4.69) is 20.5 Å². The van der Waals surface area contributed by atoms with Crippen molar-refractivity contribution in [2.75, 3.05) is 7.05 Å². The molecule has 0 atom stereocenters. The fraction of sp³-hybridized carbons (Fsp3) is 0.182. The Morgan fingerprint density at radius 2 is 2.00 bits per heavy atom. The summed E-state index contributed by atoms with van der Waals surface area (Å²) in [5.41, 5.74) is 3.51. The second-order valence-corrected chi connectivity index (χ2v) is 7.42. The smallest absolute Gasteiger partial charge is 0.295 e. The van der Waals surface area contributed by atoms with Crippen molar-refractivity contribution >= 4 is 22.7 Å². The highest BCUT2D eigenvalue weighted by molar-refractivity contribution is 6.08. The number of hydroxylamine groups is 2. The van der Waals surface area contributed by atoms with Crippen LogP contribution >= 0.6 is 0 Å². The molecule has 0 fully saturated rings. The molecule has 4 aromatic rings. The van der Waals surface area contributed by atoms with E-state index >= 15 is 0 Å². The molecular formula is C22H21FN6O3. The molecule has 1 aromatic carbocycles. The molecule has 10 heteroatoms. The van der Waals surface area contributed by atoms with E-state index in [4.69, 9.17) is 0 Å². The molecule has 0 aliphatic heterocycles. The summed E-state index contributed by atoms with van der Waals surface area (Å²) >= 11 is 0. The van der Waals surface area contributed by atoms with Gasteiger partial charge in [-0.2, -0.15) is 5.10 Å². The predicted octanol–water partition coefficient (Wildman–Crippen LogP) is 2.65. The molecule has 0 unspecified atom stereocenters. The summed E-state index contributed by atoms with van der Waals surface area (Å²) in [7, 11) is 1.20. The summed E-state index contributed by atoms with van der Waals surface area (Å²) in [6, 6.07) is 7.54. The van der Waals surface area contributed by atoms with Gasteiger partial charge in [-0.3, -0.25) is 19.9 Å². The standard InChI is InChI=1S/C22H21FN6O3/c1-13-15(9-26-27-13)8-25-21(30)18-12-29(11-14-3-5-16(23)6-4-14)20-10-24-19(7-17(18)20)22(31)28(2)32/h3-7,9-10,12,32H,8,11H2,1-2H3,(H,25,30)(H,26,27). The summed E-state index contributed by atoms with van der Waals surface area (Å²) < 4.78 is 15.1. The van der Waals surface area contributed by atoms with Gasteiger partial charge in [0.15, 0.2) is 0 Å². The van der Waals surface area contributed by atoms with Crippen molar-refractivity contribution < 1.29 is 19.2 Å². The van der Waals surface area contributed by atoms with Crippen LogP contribution in [0.5, 0.6) is 0 Å². The number of hydrogen-bond acceptors (Lipinski definition) is 5. The number of carbonyl (C=O) groups excluding carboxylic acids is 2. The number of benzene rings is 1. The van der Waals surface area contributed by atoms with E-state index in [1.54, 1.807) is 24.5 Å². The number of carbonyl (C=O) groups is 2. The third-order valence-electron chi connectivity index (χ3n) is 5.17. The van der Waals surface area contributed by atoms with Gasteiger partial charge in [0, 0.05) is 43.0 Å². The van der Waals surface area contributed by atoms with Gasteiger partial charge in [0.2, 0.25) is 0 Å². The van der Waals surface area contributed by atoms with E-state index < -0.39 is 5.91 Å². The predicted molar refractivity (Wildman–Crippen MR) is 114 cm³/mol. The van der Waals surface area contributed by atoms with E-state index in [-0.39, 0.29) is 24.0 Å². The molecule has 3 aromatic heterocycles. The van der Waals surface area contributed by atoms with Crippen LogP contribution in [0.2, 0.25) is 0 Å². The van der Waals surface area contributed by atoms with Gasteiger partial charge in [-0.05, 0) is 30.7 Å². The summed E-state index contributed by atoms with van der Waals surface area (Å²) in [6.07, 6.45) is 4.79. The Labute approximate surface area is 182 Å². The third kappa shape index (κ3) is 4.21. The minimum Gasteiger partial charge on any atom is -0.348 e. The lowest BCUT2D eigenvalue weighted by Crippen LogP contribution is -2.24. The summed E-state index contributed by atoms with van der Waals surface area (Å²) in [5, 5.41) is 20.1. The minimum atomic E-state index is -0.696. The lowest BCUT2D eigenvalue weighted by atomic mass is 10.1. The zero-order valence-corrected chi connectivity index (χ0v) is 17.5. The summed E-state index contributed by atoms with van der Waals surface area (Å²) in [6.45, 7) is 2.51. The highest BCUT2D eigenvalue weighted by atomic mass is 19.1. The zero-order valence-electron chi connectivity index (χ0n) is 17.5. The van der Waals surface area contributed by atoms with Gasteiger partial charge < -0.3 is 9.88 Å². The van der Waals surface area contributed by atoms with Gasteiger partial charge in [-0.15, -0.1) is 0 Å². The Morgan fingerprint density at radius 1 is 1.25 bits per heavy atom. The Bertz CT molecular complexity index is 1290. The monoisotopic (exact) mass is 436 g/mol. The van der Waals surface area contributed by atoms with Crippen molar-refractivity contribution in [2.24, 2.45) is 0 Å². The van der Waals surface area contributed by atoms with E-state index in [1.165, 1.54) is 31.4 Å². The Balaban J connectivity index is 1.72. The third-order valence-corrected chi connectivity index (χ3v) is 5.17. The highest BCUT2D eigenvalue weighted by Crippen LogP contribution is 2.24. The topological polar surface area (TPSA) is 116 Å². The molecular weight excluding hydrogens is 415 g/mol. The molecule has 3 heterocycles. The molecule has 3 N–H and O–H groups in total. The number of fused-ring (bicyclic) bond motifs is 1. The van der Waals surface area contributed by atoms with Crippen LogP contribution in [0, 0.1) is 12.7 Å². The van der Waals surface area contributed by atoms with Crippen molar-refractivity contribution in [3.8, 4) is 0 Å². The summed E-state index contributed by atoms with van der Waals surface area (Å²) in [5.74, 6) is -1.37. The quantitative estimate of drug-likeness (QED) is 0.317. The molecule has 0 radical (unpaired) electrons. The Hall–Kier alpha value is -4.05. The van der Waals surface area contributed by atoms with Gasteiger partial charge >= 0.3 is 0 Å². The number of rotatable bonds is 6. The average molecular weight is 436 g/mol. The number of nitrogens with zero attached hydrogens (tertiary/aromatic N) is 4. The largest absolute Gasteiger partial charge is 0.348 e. The number of aromatic nitrogens is 4. The molecule has 164 valence electrons. The molecule has 0 aliphatic carbocycles. The molecule has 32 heavy (non-hydrogen) atoms. The second-order valence-electron chi connectivity index (χ2n) is 7.42. The van der Waals surface area contributed by atoms with Crippen LogP contribution in [0.15, 0.2) is 48.9 Å². The molecule has 2 amide bonds. The van der Waals surface area contributed by atoms with Crippen molar-refractivity contribution in [1.82, 2.24) is 30.1 Å². The molecule has 0 spiro atoms. The van der Waals surface area contributed by atoms with Crippen molar-refractivity contribution in [2.45, 2.75) is 20.0 Å². The Kier molecular flexibility index (Phi) is 5.69. The number of amides is 2. The number of halogens is 1. The van der Waals surface area contributed by atoms with E-state index in [9.17, 15) is 19.2 Å². The summed E-state index contributed by atoms with van der Waals surface area (Å²) in [4.78, 5) is 29.3. The first-order chi connectivity index (χ1) is 15.3. The lowest BCUT2D eigenvalue weighted by Gasteiger charge is -2.09. The van der Waals surface area contributed by atoms with E-state index in [1.807, 2.05) is 11.5 Å². The maximum absolute atomic E-state index is 13.3. The van der Waals surface area contributed by atoms with Crippen LogP contribution in [0.3, 0.4) is 0 Å². The van der Waals surface area contributed by atoms with Crippen LogP contribution in [0.1, 0.15) is 37.7 Å². The highest BCUT2D eigenvalue weighted by Gasteiger charge is 2.20. The normalized spacial score (nSPS) is 11.0. The van der Waals surface area contributed by atoms with Crippen LogP contribution in [0.4, 0.5) is 4.39 Å². The van der Waals surface area contributed by atoms with Crippen LogP contribution in [0.25, 0.3) is 10.9 Å². The second kappa shape index (κ2) is 8.60. The maximum atomic E-state index is 13.3. The van der Waals surface area contributed by atoms with E-state index in [0.29, 0.717) is 28.1 Å². The molecule has 0 saturated carbocycles. The first-order valence-electron chi connectivity index (χ1n) is 9.81. The Morgan fingerprint density at radius 3 is 2.66 bits per heavy atom. The number of hydrogen-bond donors (Lipinski definition) is 3. The van der Waals surface area contributed by atoms with Gasteiger partial charge in [0.25, 0.3) is 11.8 Å².